The van der Waals surface area contributed by atoms with Crippen molar-refractivity contribution < 1.29 is 9.53 Å². The van der Waals surface area contributed by atoms with Crippen LogP contribution in [0.15, 0.2) is 15.9 Å². The fourth-order valence-electron chi connectivity index (χ4n) is 2.33. The first-order valence-electron chi connectivity index (χ1n) is 7.29. The van der Waals surface area contributed by atoms with Crippen LogP contribution in [0.1, 0.15) is 38.5 Å². The molecule has 1 N–H and O–H groups in total. The number of halogens is 1. The third kappa shape index (κ3) is 5.60. The molecule has 0 bridgehead atoms. The van der Waals surface area contributed by atoms with Gasteiger partial charge in [-0.3, -0.25) is 0 Å². The second kappa shape index (κ2) is 7.11. The lowest BCUT2D eigenvalue weighted by molar-refractivity contribution is 0.0187. The number of hydrogen-bond donors (Lipinski definition) is 1. The Morgan fingerprint density at radius 3 is 2.90 bits per heavy atom. The summed E-state index contributed by atoms with van der Waals surface area (Å²) in [5.41, 5.74) is -0.430. The Labute approximate surface area is 139 Å². The predicted molar refractivity (Wildman–Crippen MR) is 89.7 cm³/mol. The fourth-order valence-corrected chi connectivity index (χ4v) is 3.76. The lowest BCUT2D eigenvalue weighted by Crippen LogP contribution is -2.49. The van der Waals surface area contributed by atoms with Gasteiger partial charge in [0.15, 0.2) is 0 Å². The van der Waals surface area contributed by atoms with Gasteiger partial charge >= 0.3 is 6.09 Å². The van der Waals surface area contributed by atoms with Crippen LogP contribution in [-0.4, -0.2) is 35.7 Å². The number of hydrogen-bond acceptors (Lipinski definition) is 4. The van der Waals surface area contributed by atoms with Crippen LogP contribution in [0.2, 0.25) is 0 Å². The second-order valence-corrected chi connectivity index (χ2v) is 8.90. The van der Waals surface area contributed by atoms with Crippen LogP contribution in [0.5, 0.6) is 0 Å². The van der Waals surface area contributed by atoms with Crippen molar-refractivity contribution in [2.75, 3.05) is 13.1 Å². The number of thiophene rings is 1. The van der Waals surface area contributed by atoms with Crippen molar-refractivity contribution in [1.29, 1.82) is 0 Å². The molecule has 1 aromatic rings. The van der Waals surface area contributed by atoms with Crippen LogP contribution in [0.3, 0.4) is 0 Å². The largest absolute Gasteiger partial charge is 0.444 e. The van der Waals surface area contributed by atoms with Crippen molar-refractivity contribution in [1.82, 2.24) is 10.2 Å². The molecule has 1 amide bonds. The van der Waals surface area contributed by atoms with E-state index in [9.17, 15) is 4.79 Å². The van der Waals surface area contributed by atoms with Gasteiger partial charge in [0.05, 0.1) is 3.79 Å². The van der Waals surface area contributed by atoms with Crippen LogP contribution in [0.4, 0.5) is 4.79 Å². The number of likely N-dealkylation sites (tertiary alicyclic amines) is 1. The summed E-state index contributed by atoms with van der Waals surface area (Å²) in [6.07, 6.45) is 1.92. The monoisotopic (exact) mass is 374 g/mol. The first kappa shape index (κ1) is 16.8. The van der Waals surface area contributed by atoms with Crippen molar-refractivity contribution in [2.45, 2.75) is 51.8 Å². The molecule has 0 spiro atoms. The number of carbonyl (C=O) groups excluding carboxylic acids is 1. The highest BCUT2D eigenvalue weighted by Crippen LogP contribution is 2.22. The quantitative estimate of drug-likeness (QED) is 0.868. The number of piperidine rings is 1. The minimum Gasteiger partial charge on any atom is -0.444 e. The van der Waals surface area contributed by atoms with E-state index in [-0.39, 0.29) is 6.09 Å². The van der Waals surface area contributed by atoms with Crippen molar-refractivity contribution in [3.05, 3.63) is 20.8 Å². The third-order valence-electron chi connectivity index (χ3n) is 3.27. The van der Waals surface area contributed by atoms with E-state index in [4.69, 9.17) is 4.74 Å². The molecule has 6 heteroatoms. The van der Waals surface area contributed by atoms with Crippen molar-refractivity contribution >= 4 is 33.4 Å². The van der Waals surface area contributed by atoms with Crippen LogP contribution >= 0.6 is 27.3 Å². The van der Waals surface area contributed by atoms with Crippen LogP contribution in [-0.2, 0) is 11.3 Å². The van der Waals surface area contributed by atoms with E-state index in [0.29, 0.717) is 6.04 Å². The number of ether oxygens (including phenoxy) is 1. The molecule has 1 aromatic heterocycles. The van der Waals surface area contributed by atoms with E-state index in [1.165, 1.54) is 4.88 Å². The maximum absolute atomic E-state index is 12.1. The molecule has 0 saturated carbocycles. The van der Waals surface area contributed by atoms with Gasteiger partial charge in [0.2, 0.25) is 0 Å². The average Bonchev–Trinajstić information content (AvgIpc) is 2.81. The van der Waals surface area contributed by atoms with Gasteiger partial charge in [-0.05, 0) is 61.7 Å². The van der Waals surface area contributed by atoms with E-state index in [2.05, 4.69) is 33.4 Å². The van der Waals surface area contributed by atoms with E-state index >= 15 is 0 Å². The van der Waals surface area contributed by atoms with Gasteiger partial charge in [-0.25, -0.2) is 4.79 Å². The topological polar surface area (TPSA) is 41.6 Å². The Morgan fingerprint density at radius 2 is 2.29 bits per heavy atom. The van der Waals surface area contributed by atoms with Crippen molar-refractivity contribution in [2.24, 2.45) is 0 Å². The summed E-state index contributed by atoms with van der Waals surface area (Å²) >= 11 is 5.22. The van der Waals surface area contributed by atoms with Gasteiger partial charge in [-0.1, -0.05) is 0 Å². The highest BCUT2D eigenvalue weighted by atomic mass is 79.9. The molecular weight excluding hydrogens is 352 g/mol. The smallest absolute Gasteiger partial charge is 0.410 e. The molecule has 1 unspecified atom stereocenters. The molecule has 0 aromatic carbocycles. The number of amides is 1. The normalized spacial score (nSPS) is 19.6. The maximum Gasteiger partial charge on any atom is 0.410 e. The van der Waals surface area contributed by atoms with Gasteiger partial charge in [0.1, 0.15) is 5.60 Å². The fraction of sp³-hybridized carbons (Fsp3) is 0.667. The van der Waals surface area contributed by atoms with Gasteiger partial charge < -0.3 is 15.0 Å². The number of nitrogens with zero attached hydrogens (tertiary/aromatic N) is 1. The maximum atomic E-state index is 12.1. The minimum atomic E-state index is -0.430. The Hall–Kier alpha value is -0.590. The third-order valence-corrected chi connectivity index (χ3v) is 4.89. The molecule has 1 fully saturated rings. The highest BCUT2D eigenvalue weighted by Gasteiger charge is 2.27. The zero-order valence-corrected chi connectivity index (χ0v) is 15.2. The van der Waals surface area contributed by atoms with E-state index < -0.39 is 5.60 Å². The van der Waals surface area contributed by atoms with Crippen molar-refractivity contribution in [3.8, 4) is 0 Å². The Morgan fingerprint density at radius 1 is 1.52 bits per heavy atom. The summed E-state index contributed by atoms with van der Waals surface area (Å²) in [7, 11) is 0. The van der Waals surface area contributed by atoms with Crippen LogP contribution < -0.4 is 5.32 Å². The first-order valence-corrected chi connectivity index (χ1v) is 8.90. The molecule has 0 aliphatic carbocycles. The van der Waals surface area contributed by atoms with Gasteiger partial charge in [-0.15, -0.1) is 11.3 Å². The lowest BCUT2D eigenvalue weighted by Gasteiger charge is -2.34. The van der Waals surface area contributed by atoms with Gasteiger partial charge in [0.25, 0.3) is 0 Å². The highest BCUT2D eigenvalue weighted by molar-refractivity contribution is 9.11. The second-order valence-electron chi connectivity index (χ2n) is 6.35. The van der Waals surface area contributed by atoms with Crippen molar-refractivity contribution in [3.63, 3.8) is 0 Å². The minimum absolute atomic E-state index is 0.201. The number of rotatable bonds is 3. The van der Waals surface area contributed by atoms with E-state index in [0.717, 1.165) is 36.3 Å². The molecule has 21 heavy (non-hydrogen) atoms. The van der Waals surface area contributed by atoms with E-state index in [1.807, 2.05) is 25.7 Å². The first-order chi connectivity index (χ1) is 9.83. The summed E-state index contributed by atoms with van der Waals surface area (Å²) in [5.74, 6) is 0. The van der Waals surface area contributed by atoms with E-state index in [1.54, 1.807) is 11.3 Å². The zero-order chi connectivity index (χ0) is 15.5. The summed E-state index contributed by atoms with van der Waals surface area (Å²) in [6, 6.07) is 4.53. The molecule has 1 saturated heterocycles. The average molecular weight is 375 g/mol. The summed E-state index contributed by atoms with van der Waals surface area (Å²) in [6.45, 7) is 8.07. The summed E-state index contributed by atoms with van der Waals surface area (Å²) in [5, 5.41) is 3.54. The number of nitrogens with one attached hydrogen (secondary N) is 1. The Balaban J connectivity index is 1.81. The standard InChI is InChI=1S/C15H23BrN2O2S/c1-15(2,3)20-14(19)18-8-4-5-11(10-18)17-9-12-6-7-13(16)21-12/h6-7,11,17H,4-5,8-10H2,1-3H3. The molecule has 1 aliphatic heterocycles. The predicted octanol–water partition coefficient (Wildman–Crippen LogP) is 4.00. The number of carbonyl (C=O) groups is 1. The summed E-state index contributed by atoms with van der Waals surface area (Å²) < 4.78 is 6.60. The summed E-state index contributed by atoms with van der Waals surface area (Å²) in [4.78, 5) is 15.2. The molecule has 1 atom stereocenters. The lowest BCUT2D eigenvalue weighted by atomic mass is 10.1. The molecular formula is C15H23BrN2O2S. The molecule has 0 radical (unpaired) electrons. The molecule has 2 heterocycles. The molecule has 2 rings (SSSR count). The Bertz CT molecular complexity index is 484. The van der Waals surface area contributed by atoms with Crippen LogP contribution in [0.25, 0.3) is 0 Å². The molecule has 4 nitrogen and oxygen atoms in total. The van der Waals surface area contributed by atoms with Gasteiger partial charge in [0, 0.05) is 30.6 Å². The van der Waals surface area contributed by atoms with Gasteiger partial charge in [-0.2, -0.15) is 0 Å². The molecule has 118 valence electrons. The van der Waals surface area contributed by atoms with Crippen LogP contribution in [0, 0.1) is 0 Å². The molecule has 1 aliphatic rings. The SMILES string of the molecule is CC(C)(C)OC(=O)N1CCCC(NCc2ccc(Br)s2)C1. The Kier molecular flexibility index (Phi) is 5.68. The zero-order valence-electron chi connectivity index (χ0n) is 12.8.